The van der Waals surface area contributed by atoms with Crippen molar-refractivity contribution in [3.63, 3.8) is 0 Å². The van der Waals surface area contributed by atoms with Crippen LogP contribution < -0.4 is 10.3 Å². The van der Waals surface area contributed by atoms with Gasteiger partial charge in [0.2, 0.25) is 0 Å². The molecule has 0 fully saturated rings. The number of benzene rings is 1. The minimum Gasteiger partial charge on any atom is -0.497 e. The van der Waals surface area contributed by atoms with Crippen molar-refractivity contribution in [2.45, 2.75) is 39.7 Å². The Morgan fingerprint density at radius 1 is 1.35 bits per heavy atom. The first-order valence-corrected chi connectivity index (χ1v) is 9.59. The van der Waals surface area contributed by atoms with E-state index in [4.69, 9.17) is 9.72 Å². The third-order valence-corrected chi connectivity index (χ3v) is 5.65. The number of alkyl halides is 1. The number of aryl methyl sites for hydroxylation is 1. The molecule has 0 N–H and O–H groups in total. The highest BCUT2D eigenvalue weighted by Crippen LogP contribution is 2.38. The molecule has 0 saturated carbocycles. The monoisotopic (exact) mass is 374 g/mol. The van der Waals surface area contributed by atoms with Crippen LogP contribution in [0.1, 0.15) is 37.4 Å². The minimum absolute atomic E-state index is 0.0319. The van der Waals surface area contributed by atoms with Crippen LogP contribution >= 0.6 is 11.3 Å². The molecule has 26 heavy (non-hydrogen) atoms. The number of rotatable bonds is 6. The highest BCUT2D eigenvalue weighted by atomic mass is 32.1. The SMILES string of the molecule is CCc1sc2nc(C(C)C)n(CCF)c(=O)c2c1-c1cccc(OC)c1. The minimum atomic E-state index is -0.591. The predicted molar refractivity (Wildman–Crippen MR) is 105 cm³/mol. The number of fused-ring (bicyclic) bond motifs is 1. The molecular weight excluding hydrogens is 351 g/mol. The van der Waals surface area contributed by atoms with E-state index in [2.05, 4.69) is 6.92 Å². The maximum absolute atomic E-state index is 13.3. The fourth-order valence-corrected chi connectivity index (χ4v) is 4.35. The molecule has 0 aliphatic heterocycles. The summed E-state index contributed by atoms with van der Waals surface area (Å²) in [6, 6.07) is 7.68. The number of aromatic nitrogens is 2. The Morgan fingerprint density at radius 2 is 2.12 bits per heavy atom. The van der Waals surface area contributed by atoms with Crippen LogP contribution in [-0.4, -0.2) is 23.3 Å². The number of halogens is 1. The molecule has 0 amide bonds. The van der Waals surface area contributed by atoms with E-state index in [0.717, 1.165) is 33.0 Å². The molecule has 0 unspecified atom stereocenters. The van der Waals surface area contributed by atoms with Gasteiger partial charge in [0.05, 0.1) is 19.0 Å². The molecule has 2 aromatic heterocycles. The Labute approximate surface area is 156 Å². The maximum Gasteiger partial charge on any atom is 0.263 e. The molecule has 2 heterocycles. The van der Waals surface area contributed by atoms with Gasteiger partial charge < -0.3 is 4.74 Å². The van der Waals surface area contributed by atoms with Gasteiger partial charge in [-0.3, -0.25) is 9.36 Å². The van der Waals surface area contributed by atoms with Gasteiger partial charge in [-0.2, -0.15) is 0 Å². The summed E-state index contributed by atoms with van der Waals surface area (Å²) in [5.41, 5.74) is 1.66. The first-order valence-electron chi connectivity index (χ1n) is 8.78. The number of hydrogen-bond donors (Lipinski definition) is 0. The number of nitrogens with zero attached hydrogens (tertiary/aromatic N) is 2. The van der Waals surface area contributed by atoms with Crippen LogP contribution in [-0.2, 0) is 13.0 Å². The quantitative estimate of drug-likeness (QED) is 0.623. The van der Waals surface area contributed by atoms with Crippen molar-refractivity contribution >= 4 is 21.6 Å². The lowest BCUT2D eigenvalue weighted by molar-refractivity contribution is 0.415. The van der Waals surface area contributed by atoms with Crippen LogP contribution in [0.2, 0.25) is 0 Å². The lowest BCUT2D eigenvalue weighted by Crippen LogP contribution is -2.26. The van der Waals surface area contributed by atoms with Gasteiger partial charge in [-0.15, -0.1) is 11.3 Å². The molecule has 0 aliphatic rings. The molecule has 0 saturated heterocycles. The van der Waals surface area contributed by atoms with Gasteiger partial charge in [-0.1, -0.05) is 32.9 Å². The summed E-state index contributed by atoms with van der Waals surface area (Å²) in [6.45, 7) is 5.45. The fourth-order valence-electron chi connectivity index (χ4n) is 3.22. The van der Waals surface area contributed by atoms with E-state index in [9.17, 15) is 9.18 Å². The average Bonchev–Trinajstić information content (AvgIpc) is 3.02. The molecule has 6 heteroatoms. The Balaban J connectivity index is 2.38. The highest BCUT2D eigenvalue weighted by Gasteiger charge is 2.22. The summed E-state index contributed by atoms with van der Waals surface area (Å²) >= 11 is 1.55. The van der Waals surface area contributed by atoms with Crippen LogP contribution in [0.15, 0.2) is 29.1 Å². The zero-order valence-corrected chi connectivity index (χ0v) is 16.3. The molecule has 0 aliphatic carbocycles. The van der Waals surface area contributed by atoms with Crippen LogP contribution in [0, 0.1) is 0 Å². The van der Waals surface area contributed by atoms with Crippen molar-refractivity contribution in [3.8, 4) is 16.9 Å². The Morgan fingerprint density at radius 3 is 2.73 bits per heavy atom. The smallest absolute Gasteiger partial charge is 0.263 e. The first kappa shape index (κ1) is 18.6. The molecule has 3 aromatic rings. The van der Waals surface area contributed by atoms with Crippen LogP contribution in [0.4, 0.5) is 4.39 Å². The summed E-state index contributed by atoms with van der Waals surface area (Å²) in [4.78, 5) is 19.8. The van der Waals surface area contributed by atoms with Crippen LogP contribution in [0.25, 0.3) is 21.3 Å². The second-order valence-corrected chi connectivity index (χ2v) is 7.52. The standard InChI is InChI=1S/C20H23FN2O2S/c1-5-15-16(13-7-6-8-14(11-13)25-4)17-19(26-15)22-18(12(2)3)23(10-9-21)20(17)24/h6-8,11-12H,5,9-10H2,1-4H3. The van der Waals surface area contributed by atoms with E-state index >= 15 is 0 Å². The van der Waals surface area contributed by atoms with E-state index in [1.54, 1.807) is 18.4 Å². The molecule has 0 radical (unpaired) electrons. The summed E-state index contributed by atoms with van der Waals surface area (Å²) in [5, 5.41) is 0.581. The molecule has 1 aromatic carbocycles. The molecule has 0 spiro atoms. The van der Waals surface area contributed by atoms with Crippen molar-refractivity contribution in [2.75, 3.05) is 13.8 Å². The van der Waals surface area contributed by atoms with Crippen molar-refractivity contribution in [1.82, 2.24) is 9.55 Å². The number of methoxy groups -OCH3 is 1. The topological polar surface area (TPSA) is 44.1 Å². The molecular formula is C20H23FN2O2S. The molecule has 3 rings (SSSR count). The summed E-state index contributed by atoms with van der Waals surface area (Å²) in [7, 11) is 1.62. The van der Waals surface area contributed by atoms with Gasteiger partial charge in [0, 0.05) is 16.4 Å². The highest BCUT2D eigenvalue weighted by molar-refractivity contribution is 7.19. The number of ether oxygens (including phenoxy) is 1. The van der Waals surface area contributed by atoms with E-state index in [1.807, 2.05) is 38.1 Å². The Hall–Kier alpha value is -2.21. The third kappa shape index (κ3) is 3.14. The third-order valence-electron chi connectivity index (χ3n) is 4.42. The average molecular weight is 374 g/mol. The second kappa shape index (κ2) is 7.58. The van der Waals surface area contributed by atoms with Crippen LogP contribution in [0.3, 0.4) is 0 Å². The van der Waals surface area contributed by atoms with Crippen LogP contribution in [0.5, 0.6) is 5.75 Å². The van der Waals surface area contributed by atoms with Gasteiger partial charge in [-0.25, -0.2) is 9.37 Å². The van der Waals surface area contributed by atoms with Crippen molar-refractivity contribution in [1.29, 1.82) is 0 Å². The Kier molecular flexibility index (Phi) is 5.41. The molecule has 138 valence electrons. The number of thiophene rings is 1. The zero-order chi connectivity index (χ0) is 18.8. The maximum atomic E-state index is 13.3. The van der Waals surface area contributed by atoms with Crippen molar-refractivity contribution in [3.05, 3.63) is 45.3 Å². The van der Waals surface area contributed by atoms with E-state index in [1.165, 1.54) is 4.57 Å². The molecule has 0 bridgehead atoms. The zero-order valence-electron chi connectivity index (χ0n) is 15.5. The van der Waals surface area contributed by atoms with E-state index in [-0.39, 0.29) is 18.0 Å². The van der Waals surface area contributed by atoms with Gasteiger partial charge in [0.1, 0.15) is 23.1 Å². The van der Waals surface area contributed by atoms with Gasteiger partial charge in [-0.05, 0) is 24.1 Å². The van der Waals surface area contributed by atoms with Gasteiger partial charge in [0.25, 0.3) is 5.56 Å². The summed E-state index contributed by atoms with van der Waals surface area (Å²) in [6.07, 6.45) is 0.799. The summed E-state index contributed by atoms with van der Waals surface area (Å²) < 4.78 is 19.9. The Bertz CT molecular complexity index is 991. The second-order valence-electron chi connectivity index (χ2n) is 6.44. The van der Waals surface area contributed by atoms with Gasteiger partial charge in [0.15, 0.2) is 0 Å². The van der Waals surface area contributed by atoms with E-state index < -0.39 is 6.67 Å². The molecule has 4 nitrogen and oxygen atoms in total. The van der Waals surface area contributed by atoms with Crippen molar-refractivity contribution in [2.24, 2.45) is 0 Å². The lowest BCUT2D eigenvalue weighted by Gasteiger charge is -2.14. The first-order chi connectivity index (χ1) is 12.5. The molecule has 0 atom stereocenters. The fraction of sp³-hybridized carbons (Fsp3) is 0.400. The predicted octanol–water partition coefficient (Wildman–Crippen LogP) is 4.79. The van der Waals surface area contributed by atoms with Crippen molar-refractivity contribution < 1.29 is 9.13 Å². The summed E-state index contributed by atoms with van der Waals surface area (Å²) in [5.74, 6) is 1.42. The normalized spacial score (nSPS) is 11.5. The largest absolute Gasteiger partial charge is 0.497 e. The van der Waals surface area contributed by atoms with E-state index in [0.29, 0.717) is 11.2 Å². The lowest BCUT2D eigenvalue weighted by atomic mass is 10.0. The van der Waals surface area contributed by atoms with Gasteiger partial charge >= 0.3 is 0 Å². The number of hydrogen-bond acceptors (Lipinski definition) is 4.